The van der Waals surface area contributed by atoms with Crippen molar-refractivity contribution in [2.24, 2.45) is 0 Å². The van der Waals surface area contributed by atoms with E-state index in [0.29, 0.717) is 28.1 Å². The molecule has 1 aromatic carbocycles. The third-order valence-corrected chi connectivity index (χ3v) is 3.93. The van der Waals surface area contributed by atoms with Crippen LogP contribution in [0.2, 0.25) is 0 Å². The molecule has 132 valence electrons. The first-order valence-electron chi connectivity index (χ1n) is 7.82. The maximum Gasteiger partial charge on any atom is 0.272 e. The molecule has 3 rings (SSSR count). The Kier molecular flexibility index (Phi) is 4.43. The van der Waals surface area contributed by atoms with Gasteiger partial charge in [-0.3, -0.25) is 4.79 Å². The molecule has 2 aromatic rings. The third-order valence-electron chi connectivity index (χ3n) is 3.93. The highest BCUT2D eigenvalue weighted by atomic mass is 19.3. The molecule has 25 heavy (non-hydrogen) atoms. The number of ether oxygens (including phenoxy) is 1. The summed E-state index contributed by atoms with van der Waals surface area (Å²) in [6.45, 7) is 2.68. The van der Waals surface area contributed by atoms with Crippen LogP contribution < -0.4 is 10.1 Å². The lowest BCUT2D eigenvalue weighted by molar-refractivity contribution is 0.0738. The van der Waals surface area contributed by atoms with Gasteiger partial charge in [-0.25, -0.2) is 13.8 Å². The van der Waals surface area contributed by atoms with Gasteiger partial charge in [0.25, 0.3) is 12.3 Å². The Morgan fingerprint density at radius 2 is 2.04 bits per heavy atom. The molecule has 0 atom stereocenters. The molecule has 5 nitrogen and oxygen atoms in total. The van der Waals surface area contributed by atoms with E-state index >= 15 is 0 Å². The number of carbonyl (C=O) groups excluding carboxylic acids is 1. The van der Waals surface area contributed by atoms with Crippen LogP contribution in [0, 0.1) is 0 Å². The van der Waals surface area contributed by atoms with Crippen LogP contribution in [0.25, 0.3) is 11.3 Å². The minimum Gasteiger partial charge on any atom is -0.487 e. The van der Waals surface area contributed by atoms with Crippen LogP contribution in [0.15, 0.2) is 30.3 Å². The SMILES string of the molecule is CC(C)(O)c1cc2c(c(-c3ccccc3OCC(F)F)n1)CNC2=O. The van der Waals surface area contributed by atoms with Gasteiger partial charge in [0.2, 0.25) is 0 Å². The van der Waals surface area contributed by atoms with Crippen molar-refractivity contribution in [1.82, 2.24) is 10.3 Å². The molecule has 1 aliphatic heterocycles. The van der Waals surface area contributed by atoms with Crippen LogP contribution in [-0.2, 0) is 12.1 Å². The summed E-state index contributed by atoms with van der Waals surface area (Å²) in [4.78, 5) is 16.6. The van der Waals surface area contributed by atoms with E-state index in [1.54, 1.807) is 44.2 Å². The van der Waals surface area contributed by atoms with Crippen LogP contribution in [0.4, 0.5) is 8.78 Å². The minimum atomic E-state index is -2.60. The number of aliphatic hydroxyl groups is 1. The number of fused-ring (bicyclic) bond motifs is 1. The first-order valence-corrected chi connectivity index (χ1v) is 7.82. The van der Waals surface area contributed by atoms with Crippen molar-refractivity contribution in [3.8, 4) is 17.0 Å². The molecule has 7 heteroatoms. The summed E-state index contributed by atoms with van der Waals surface area (Å²) >= 11 is 0. The van der Waals surface area contributed by atoms with E-state index in [1.165, 1.54) is 0 Å². The van der Waals surface area contributed by atoms with E-state index < -0.39 is 18.6 Å². The zero-order valence-corrected chi connectivity index (χ0v) is 13.8. The molecular weight excluding hydrogens is 330 g/mol. The van der Waals surface area contributed by atoms with E-state index in [2.05, 4.69) is 10.3 Å². The van der Waals surface area contributed by atoms with Gasteiger partial charge in [0.1, 0.15) is 18.0 Å². The summed E-state index contributed by atoms with van der Waals surface area (Å²) in [6, 6.07) is 8.24. The number of halogens is 2. The summed E-state index contributed by atoms with van der Waals surface area (Å²) in [5.74, 6) is -0.000116. The zero-order chi connectivity index (χ0) is 18.2. The molecular formula is C18H18F2N2O3. The molecule has 1 amide bonds. The predicted octanol–water partition coefficient (Wildman–Crippen LogP) is 2.86. The number of hydrogen-bond acceptors (Lipinski definition) is 4. The lowest BCUT2D eigenvalue weighted by Crippen LogP contribution is -2.19. The quantitative estimate of drug-likeness (QED) is 0.872. The van der Waals surface area contributed by atoms with Crippen molar-refractivity contribution >= 4 is 5.91 Å². The second kappa shape index (κ2) is 6.40. The number of carbonyl (C=O) groups is 1. The molecule has 0 saturated heterocycles. The molecule has 0 unspecified atom stereocenters. The first kappa shape index (κ1) is 17.3. The highest BCUT2D eigenvalue weighted by molar-refractivity contribution is 6.00. The minimum absolute atomic E-state index is 0.254. The van der Waals surface area contributed by atoms with Gasteiger partial charge in [-0.15, -0.1) is 0 Å². The summed E-state index contributed by atoms with van der Waals surface area (Å²) in [6.07, 6.45) is -2.60. The van der Waals surface area contributed by atoms with Crippen molar-refractivity contribution in [3.05, 3.63) is 47.2 Å². The van der Waals surface area contributed by atoms with Gasteiger partial charge in [-0.05, 0) is 32.0 Å². The van der Waals surface area contributed by atoms with Crippen LogP contribution in [0.3, 0.4) is 0 Å². The van der Waals surface area contributed by atoms with Crippen molar-refractivity contribution in [1.29, 1.82) is 0 Å². The molecule has 0 spiro atoms. The fraction of sp³-hybridized carbons (Fsp3) is 0.333. The van der Waals surface area contributed by atoms with Gasteiger partial charge >= 0.3 is 0 Å². The molecule has 0 bridgehead atoms. The van der Waals surface area contributed by atoms with Gasteiger partial charge in [0.15, 0.2) is 0 Å². The normalized spacial score (nSPS) is 13.8. The third kappa shape index (κ3) is 3.46. The largest absolute Gasteiger partial charge is 0.487 e. The standard InChI is InChI=1S/C18H18F2N2O3/c1-18(2,24)14-7-11-12(8-21-17(11)23)16(22-14)10-5-3-4-6-13(10)25-9-15(19)20/h3-7,15,24H,8-9H2,1-2H3,(H,21,23). The highest BCUT2D eigenvalue weighted by Gasteiger charge is 2.29. The van der Waals surface area contributed by atoms with Crippen molar-refractivity contribution in [3.63, 3.8) is 0 Å². The van der Waals surface area contributed by atoms with Crippen molar-refractivity contribution < 1.29 is 23.4 Å². The molecule has 0 radical (unpaired) electrons. The number of hydrogen-bond donors (Lipinski definition) is 2. The molecule has 0 aliphatic carbocycles. The Morgan fingerprint density at radius 3 is 2.72 bits per heavy atom. The van der Waals surface area contributed by atoms with Gasteiger partial charge in [0.05, 0.1) is 11.4 Å². The Morgan fingerprint density at radius 1 is 1.32 bits per heavy atom. The van der Waals surface area contributed by atoms with Crippen LogP contribution in [0.1, 0.15) is 35.5 Å². The van der Waals surface area contributed by atoms with E-state index in [-0.39, 0.29) is 18.2 Å². The lowest BCUT2D eigenvalue weighted by Gasteiger charge is -2.20. The van der Waals surface area contributed by atoms with Crippen LogP contribution >= 0.6 is 0 Å². The van der Waals surface area contributed by atoms with Gasteiger partial charge in [-0.2, -0.15) is 0 Å². The Balaban J connectivity index is 2.16. The first-order chi connectivity index (χ1) is 11.8. The fourth-order valence-corrected chi connectivity index (χ4v) is 2.69. The molecule has 0 fully saturated rings. The highest BCUT2D eigenvalue weighted by Crippen LogP contribution is 2.36. The van der Waals surface area contributed by atoms with Crippen LogP contribution in [0.5, 0.6) is 5.75 Å². The Hall–Kier alpha value is -2.54. The zero-order valence-electron chi connectivity index (χ0n) is 13.8. The van der Waals surface area contributed by atoms with Gasteiger partial charge in [-0.1, -0.05) is 12.1 Å². The number of para-hydroxylation sites is 1. The molecule has 2 heterocycles. The number of pyridine rings is 1. The predicted molar refractivity (Wildman–Crippen MR) is 87.6 cm³/mol. The summed E-state index contributed by atoms with van der Waals surface area (Å²) in [5, 5.41) is 13.0. The van der Waals surface area contributed by atoms with Gasteiger partial charge in [0, 0.05) is 23.2 Å². The Bertz CT molecular complexity index is 816. The smallest absolute Gasteiger partial charge is 0.272 e. The maximum absolute atomic E-state index is 12.5. The average molecular weight is 348 g/mol. The number of nitrogens with zero attached hydrogens (tertiary/aromatic N) is 1. The molecule has 1 aromatic heterocycles. The number of amides is 1. The van der Waals surface area contributed by atoms with Crippen molar-refractivity contribution in [2.45, 2.75) is 32.4 Å². The van der Waals surface area contributed by atoms with E-state index in [4.69, 9.17) is 4.74 Å². The molecule has 0 saturated carbocycles. The summed E-state index contributed by atoms with van der Waals surface area (Å²) in [7, 11) is 0. The topological polar surface area (TPSA) is 71.5 Å². The summed E-state index contributed by atoms with van der Waals surface area (Å²) in [5.41, 5.74) is 1.09. The van der Waals surface area contributed by atoms with E-state index in [0.717, 1.165) is 0 Å². The number of alkyl halides is 2. The number of rotatable bonds is 5. The van der Waals surface area contributed by atoms with E-state index in [9.17, 15) is 18.7 Å². The average Bonchev–Trinajstić information content (AvgIpc) is 2.93. The lowest BCUT2D eigenvalue weighted by atomic mass is 9.96. The van der Waals surface area contributed by atoms with E-state index in [1.807, 2.05) is 0 Å². The molecule has 1 aliphatic rings. The van der Waals surface area contributed by atoms with Gasteiger partial charge < -0.3 is 15.2 Å². The molecule has 2 N–H and O–H groups in total. The number of aromatic nitrogens is 1. The Labute approximate surface area is 143 Å². The fourth-order valence-electron chi connectivity index (χ4n) is 2.69. The maximum atomic E-state index is 12.5. The summed E-state index contributed by atoms with van der Waals surface area (Å²) < 4.78 is 30.2. The van der Waals surface area contributed by atoms with Crippen LogP contribution in [-0.4, -0.2) is 29.0 Å². The number of nitrogens with one attached hydrogen (secondary N) is 1. The second-order valence-corrected chi connectivity index (χ2v) is 6.32. The van der Waals surface area contributed by atoms with Crippen molar-refractivity contribution in [2.75, 3.05) is 6.61 Å². The monoisotopic (exact) mass is 348 g/mol. The number of benzene rings is 1. The second-order valence-electron chi connectivity index (χ2n) is 6.32.